The molecule has 0 N–H and O–H groups in total. The van der Waals surface area contributed by atoms with Gasteiger partial charge in [-0.1, -0.05) is 15.9 Å². The monoisotopic (exact) mass is 287 g/mol. The van der Waals surface area contributed by atoms with Crippen molar-refractivity contribution in [2.75, 3.05) is 14.2 Å². The summed E-state index contributed by atoms with van der Waals surface area (Å²) >= 11 is 3.32. The van der Waals surface area contributed by atoms with E-state index in [1.54, 1.807) is 26.1 Å². The fourth-order valence-electron chi connectivity index (χ4n) is 1.11. The molecule has 0 radical (unpaired) electrons. The summed E-state index contributed by atoms with van der Waals surface area (Å²) in [5, 5.41) is 1.14. The van der Waals surface area contributed by atoms with Gasteiger partial charge in [0.25, 0.3) is 5.91 Å². The molecule has 0 aliphatic carbocycles. The number of hydrogen-bond acceptors (Lipinski definition) is 3. The third-order valence-electron chi connectivity index (χ3n) is 2.06. The zero-order chi connectivity index (χ0) is 12.1. The van der Waals surface area contributed by atoms with Gasteiger partial charge in [0.1, 0.15) is 5.75 Å². The van der Waals surface area contributed by atoms with E-state index < -0.39 is 6.10 Å². The van der Waals surface area contributed by atoms with E-state index in [-0.39, 0.29) is 5.91 Å². The summed E-state index contributed by atoms with van der Waals surface area (Å²) in [7, 11) is 2.98. The summed E-state index contributed by atoms with van der Waals surface area (Å²) in [6, 6.07) is 7.29. The first-order valence-electron chi connectivity index (χ1n) is 4.78. The molecule has 0 saturated carbocycles. The molecule has 0 aliphatic heterocycles. The Kier molecular flexibility index (Phi) is 4.76. The number of amides is 1. The first-order valence-corrected chi connectivity index (χ1v) is 5.57. The van der Waals surface area contributed by atoms with Crippen LogP contribution in [0.5, 0.6) is 5.75 Å². The number of likely N-dealkylation sites (N-methyl/N-ethyl adjacent to an activating group) is 1. The lowest BCUT2D eigenvalue weighted by atomic mass is 10.3. The minimum Gasteiger partial charge on any atom is -0.481 e. The van der Waals surface area contributed by atoms with Crippen LogP contribution in [-0.2, 0) is 9.63 Å². The molecule has 4 nitrogen and oxygen atoms in total. The largest absolute Gasteiger partial charge is 0.481 e. The van der Waals surface area contributed by atoms with E-state index >= 15 is 0 Å². The van der Waals surface area contributed by atoms with Crippen LogP contribution in [0, 0.1) is 0 Å². The van der Waals surface area contributed by atoms with Crippen molar-refractivity contribution in [2.24, 2.45) is 0 Å². The third-order valence-corrected chi connectivity index (χ3v) is 2.59. The maximum atomic E-state index is 11.6. The molecule has 0 heterocycles. The molecule has 0 unspecified atom stereocenters. The molecule has 1 amide bonds. The Bertz CT molecular complexity index is 353. The summed E-state index contributed by atoms with van der Waals surface area (Å²) in [4.78, 5) is 16.4. The minimum absolute atomic E-state index is 0.231. The second kappa shape index (κ2) is 5.86. The summed E-state index contributed by atoms with van der Waals surface area (Å²) < 4.78 is 6.43. The van der Waals surface area contributed by atoms with E-state index in [1.807, 2.05) is 12.1 Å². The van der Waals surface area contributed by atoms with Crippen molar-refractivity contribution < 1.29 is 14.4 Å². The lowest BCUT2D eigenvalue weighted by Crippen LogP contribution is -2.37. The van der Waals surface area contributed by atoms with Gasteiger partial charge >= 0.3 is 0 Å². The summed E-state index contributed by atoms with van der Waals surface area (Å²) in [6.07, 6.45) is -0.578. The van der Waals surface area contributed by atoms with Gasteiger partial charge in [-0.15, -0.1) is 0 Å². The number of carbonyl (C=O) groups is 1. The van der Waals surface area contributed by atoms with Crippen LogP contribution in [0.2, 0.25) is 0 Å². The summed E-state index contributed by atoms with van der Waals surface area (Å²) in [5.41, 5.74) is 0. The first-order chi connectivity index (χ1) is 7.54. The Morgan fingerprint density at radius 1 is 1.38 bits per heavy atom. The Hall–Kier alpha value is -1.07. The smallest absolute Gasteiger partial charge is 0.286 e. The number of nitrogens with zero attached hydrogens (tertiary/aromatic N) is 1. The molecule has 0 bridgehead atoms. The summed E-state index contributed by atoms with van der Waals surface area (Å²) in [6.45, 7) is 1.68. The number of rotatable bonds is 4. The fourth-order valence-corrected chi connectivity index (χ4v) is 1.38. The van der Waals surface area contributed by atoms with E-state index in [1.165, 1.54) is 7.11 Å². The zero-order valence-corrected chi connectivity index (χ0v) is 11.0. The van der Waals surface area contributed by atoms with Gasteiger partial charge in [0, 0.05) is 11.5 Å². The van der Waals surface area contributed by atoms with Crippen LogP contribution < -0.4 is 4.74 Å². The van der Waals surface area contributed by atoms with Gasteiger partial charge in [-0.2, -0.15) is 0 Å². The molecule has 1 atom stereocenters. The van der Waals surface area contributed by atoms with Crippen LogP contribution in [0.15, 0.2) is 28.7 Å². The predicted octanol–water partition coefficient (Wildman–Crippen LogP) is 2.24. The average molecular weight is 288 g/mol. The zero-order valence-electron chi connectivity index (χ0n) is 9.44. The highest BCUT2D eigenvalue weighted by atomic mass is 79.9. The van der Waals surface area contributed by atoms with Crippen molar-refractivity contribution in [3.05, 3.63) is 28.7 Å². The molecule has 16 heavy (non-hydrogen) atoms. The van der Waals surface area contributed by atoms with Crippen LogP contribution in [0.3, 0.4) is 0 Å². The normalized spacial score (nSPS) is 12.0. The van der Waals surface area contributed by atoms with Crippen molar-refractivity contribution in [3.63, 3.8) is 0 Å². The average Bonchev–Trinajstić information content (AvgIpc) is 2.30. The van der Waals surface area contributed by atoms with Gasteiger partial charge < -0.3 is 4.74 Å². The van der Waals surface area contributed by atoms with Crippen molar-refractivity contribution in [3.8, 4) is 5.75 Å². The highest BCUT2D eigenvalue weighted by molar-refractivity contribution is 9.10. The van der Waals surface area contributed by atoms with Crippen LogP contribution in [0.1, 0.15) is 6.92 Å². The highest BCUT2D eigenvalue weighted by Crippen LogP contribution is 2.17. The number of ether oxygens (including phenoxy) is 1. The van der Waals surface area contributed by atoms with Gasteiger partial charge in [-0.05, 0) is 31.2 Å². The van der Waals surface area contributed by atoms with Crippen LogP contribution in [0.25, 0.3) is 0 Å². The van der Waals surface area contributed by atoms with Crippen LogP contribution in [0.4, 0.5) is 0 Å². The van der Waals surface area contributed by atoms with Gasteiger partial charge in [-0.3, -0.25) is 9.63 Å². The van der Waals surface area contributed by atoms with Gasteiger partial charge in [0.2, 0.25) is 0 Å². The van der Waals surface area contributed by atoms with E-state index in [4.69, 9.17) is 9.57 Å². The van der Waals surface area contributed by atoms with Gasteiger partial charge in [0.05, 0.1) is 7.11 Å². The molecule has 88 valence electrons. The number of benzene rings is 1. The molecule has 5 heteroatoms. The quantitative estimate of drug-likeness (QED) is 0.798. The predicted molar refractivity (Wildman–Crippen MR) is 64.0 cm³/mol. The maximum absolute atomic E-state index is 11.6. The SMILES string of the molecule is CON(C)C(=O)[C@@H](C)Oc1ccc(Br)cc1. The second-order valence-electron chi connectivity index (χ2n) is 3.23. The number of halogens is 1. The number of hydrogen-bond donors (Lipinski definition) is 0. The highest BCUT2D eigenvalue weighted by Gasteiger charge is 2.18. The molecular formula is C11H14BrNO3. The molecule has 0 saturated heterocycles. The molecule has 0 spiro atoms. The molecule has 1 aromatic rings. The van der Waals surface area contributed by atoms with Crippen molar-refractivity contribution >= 4 is 21.8 Å². The van der Waals surface area contributed by atoms with Crippen molar-refractivity contribution in [2.45, 2.75) is 13.0 Å². The molecular weight excluding hydrogens is 274 g/mol. The molecule has 0 aliphatic rings. The lowest BCUT2D eigenvalue weighted by Gasteiger charge is -2.19. The molecule has 0 fully saturated rings. The van der Waals surface area contributed by atoms with Crippen molar-refractivity contribution in [1.82, 2.24) is 5.06 Å². The second-order valence-corrected chi connectivity index (χ2v) is 4.15. The number of hydroxylamine groups is 2. The lowest BCUT2D eigenvalue weighted by molar-refractivity contribution is -0.175. The van der Waals surface area contributed by atoms with Gasteiger partial charge in [0.15, 0.2) is 6.10 Å². The topological polar surface area (TPSA) is 38.8 Å². The van der Waals surface area contributed by atoms with E-state index in [0.717, 1.165) is 9.54 Å². The van der Waals surface area contributed by atoms with E-state index in [2.05, 4.69) is 15.9 Å². The standard InChI is InChI=1S/C11H14BrNO3/c1-8(11(14)13(2)15-3)16-10-6-4-9(12)5-7-10/h4-8H,1-3H3/t8-/m1/s1. The Morgan fingerprint density at radius 3 is 2.44 bits per heavy atom. The van der Waals surface area contributed by atoms with E-state index in [9.17, 15) is 4.79 Å². The molecule has 1 rings (SSSR count). The third kappa shape index (κ3) is 3.50. The number of carbonyl (C=O) groups excluding carboxylic acids is 1. The summed E-state index contributed by atoms with van der Waals surface area (Å²) in [5.74, 6) is 0.416. The minimum atomic E-state index is -0.578. The van der Waals surface area contributed by atoms with Gasteiger partial charge in [-0.25, -0.2) is 5.06 Å². The van der Waals surface area contributed by atoms with Crippen molar-refractivity contribution in [1.29, 1.82) is 0 Å². The van der Waals surface area contributed by atoms with Crippen LogP contribution >= 0.6 is 15.9 Å². The Labute approximate surface area is 103 Å². The van der Waals surface area contributed by atoms with Crippen LogP contribution in [-0.4, -0.2) is 31.2 Å². The maximum Gasteiger partial charge on any atom is 0.286 e. The Morgan fingerprint density at radius 2 is 1.94 bits per heavy atom. The molecule has 1 aromatic carbocycles. The fraction of sp³-hybridized carbons (Fsp3) is 0.364. The Balaban J connectivity index is 2.60. The van der Waals surface area contributed by atoms with E-state index in [0.29, 0.717) is 5.75 Å². The molecule has 0 aromatic heterocycles. The first kappa shape index (κ1) is 13.0.